The summed E-state index contributed by atoms with van der Waals surface area (Å²) in [6, 6.07) is 0. The van der Waals surface area contributed by atoms with Crippen LogP contribution in [0.15, 0.2) is 0 Å². The van der Waals surface area contributed by atoms with Crippen LogP contribution in [-0.2, 0) is 0 Å². The molecule has 0 amide bonds. The molecule has 2 N–H and O–H groups in total. The second-order valence-electron chi connectivity index (χ2n) is 7.34. The number of hydrogen-bond donors (Lipinski definition) is 2. The zero-order valence-electron chi connectivity index (χ0n) is 17.7. The summed E-state index contributed by atoms with van der Waals surface area (Å²) in [6.45, 7) is 12.0. The highest BCUT2D eigenvalue weighted by molar-refractivity contribution is 8.03. The second-order valence-corrected chi connectivity index (χ2v) is 12.2. The maximum Gasteiger partial charge on any atom is 0.0107 e. The van der Waals surface area contributed by atoms with Gasteiger partial charge in [0.05, 0.1) is 0 Å². The Bertz CT molecular complexity index is 295. The first-order valence-corrected chi connectivity index (χ1v) is 15.7. The molecule has 3 saturated heterocycles. The summed E-state index contributed by atoms with van der Waals surface area (Å²) in [4.78, 5) is 5.38. The Balaban J connectivity index is 1.86. The van der Waals surface area contributed by atoms with Gasteiger partial charge in [0.25, 0.3) is 0 Å². The minimum atomic E-state index is 1.14. The van der Waals surface area contributed by atoms with Gasteiger partial charge >= 0.3 is 0 Å². The summed E-state index contributed by atoms with van der Waals surface area (Å²) in [6.07, 6.45) is 2.57. The van der Waals surface area contributed by atoms with Crippen molar-refractivity contribution in [3.05, 3.63) is 0 Å². The lowest BCUT2D eigenvalue weighted by atomic mass is 10.3. The Kier molecular flexibility index (Phi) is 17.3. The molecule has 3 fully saturated rings. The van der Waals surface area contributed by atoms with Crippen LogP contribution < -0.4 is 10.6 Å². The number of nitrogens with one attached hydrogen (secondary N) is 2. The van der Waals surface area contributed by atoms with E-state index in [9.17, 15) is 0 Å². The van der Waals surface area contributed by atoms with Crippen LogP contribution in [0.4, 0.5) is 0 Å². The van der Waals surface area contributed by atoms with Crippen LogP contribution in [0.5, 0.6) is 0 Å². The van der Waals surface area contributed by atoms with Crippen molar-refractivity contribution in [3.63, 3.8) is 0 Å². The number of fused-ring (bicyclic) bond motifs is 23. The molecule has 0 radical (unpaired) electrons. The minimum absolute atomic E-state index is 1.14. The molecular weight excluding hydrogens is 425 g/mol. The molecule has 0 saturated carbocycles. The molecule has 2 bridgehead atoms. The van der Waals surface area contributed by atoms with E-state index in [-0.39, 0.29) is 0 Å². The monoisotopic (exact) mass is 466 g/mol. The van der Waals surface area contributed by atoms with Crippen LogP contribution in [0.2, 0.25) is 0 Å². The lowest BCUT2D eigenvalue weighted by molar-refractivity contribution is 0.305. The van der Waals surface area contributed by atoms with E-state index < -0.39 is 0 Å². The van der Waals surface area contributed by atoms with Crippen LogP contribution in [0, 0.1) is 0 Å². The Morgan fingerprint density at radius 3 is 1.11 bits per heavy atom. The van der Waals surface area contributed by atoms with Crippen molar-refractivity contribution < 1.29 is 0 Å². The number of thioether (sulfide) groups is 4. The van der Waals surface area contributed by atoms with Crippen molar-refractivity contribution in [1.29, 1.82) is 0 Å². The number of hydrogen-bond acceptors (Lipinski definition) is 8. The van der Waals surface area contributed by atoms with E-state index in [0.717, 1.165) is 13.1 Å². The summed E-state index contributed by atoms with van der Waals surface area (Å²) < 4.78 is 0. The molecule has 4 nitrogen and oxygen atoms in total. The molecule has 3 aliphatic heterocycles. The Hall–Kier alpha value is 1.24. The summed E-state index contributed by atoms with van der Waals surface area (Å²) >= 11 is 8.60. The number of rotatable bonds is 0. The van der Waals surface area contributed by atoms with Gasteiger partial charge in [-0.3, -0.25) is 0 Å². The van der Waals surface area contributed by atoms with Gasteiger partial charge in [0.15, 0.2) is 0 Å². The maximum absolute atomic E-state index is 3.67. The van der Waals surface area contributed by atoms with Crippen LogP contribution in [0.1, 0.15) is 12.8 Å². The van der Waals surface area contributed by atoms with E-state index in [2.05, 4.69) is 67.5 Å². The van der Waals surface area contributed by atoms with E-state index in [0.29, 0.717) is 0 Å². The fourth-order valence-corrected chi connectivity index (χ4v) is 7.57. The average molecular weight is 467 g/mol. The lowest BCUT2D eigenvalue weighted by Gasteiger charge is -2.23. The molecule has 3 heterocycles. The third-order valence-electron chi connectivity index (χ3n) is 5.12. The summed E-state index contributed by atoms with van der Waals surface area (Å²) in [5.74, 6) is 10.4. The molecule has 0 atom stereocenters. The van der Waals surface area contributed by atoms with Crippen LogP contribution in [0.3, 0.4) is 0 Å². The normalized spacial score (nSPS) is 30.0. The molecule has 0 aromatic heterocycles. The van der Waals surface area contributed by atoms with Gasteiger partial charge in [-0.25, -0.2) is 0 Å². The molecule has 3 aliphatic rings. The van der Waals surface area contributed by atoms with Crippen molar-refractivity contribution >= 4 is 47.0 Å². The third kappa shape index (κ3) is 14.3. The maximum atomic E-state index is 3.67. The molecular formula is C20H42N4S4. The predicted octanol–water partition coefficient (Wildman–Crippen LogP) is 2.51. The fourth-order valence-electron chi connectivity index (χ4n) is 3.31. The smallest absolute Gasteiger partial charge is 0.0107 e. The van der Waals surface area contributed by atoms with Gasteiger partial charge in [-0.1, -0.05) is 0 Å². The fraction of sp³-hybridized carbons (Fsp3) is 1.00. The predicted molar refractivity (Wildman–Crippen MR) is 137 cm³/mol. The van der Waals surface area contributed by atoms with Gasteiger partial charge in [-0.15, -0.1) is 0 Å². The van der Waals surface area contributed by atoms with E-state index >= 15 is 0 Å². The quantitative estimate of drug-likeness (QED) is 0.563. The first-order chi connectivity index (χ1) is 13.9. The van der Waals surface area contributed by atoms with Crippen molar-refractivity contribution in [3.8, 4) is 0 Å². The summed E-state index contributed by atoms with van der Waals surface area (Å²) in [5, 5.41) is 7.33. The third-order valence-corrected chi connectivity index (χ3v) is 9.49. The number of nitrogens with zero attached hydrogens (tertiary/aromatic N) is 2. The van der Waals surface area contributed by atoms with E-state index in [1.807, 2.05) is 0 Å². The zero-order chi connectivity index (χ0) is 19.5. The minimum Gasteiger partial charge on any atom is -0.315 e. The zero-order valence-corrected chi connectivity index (χ0v) is 20.9. The van der Waals surface area contributed by atoms with Crippen LogP contribution in [-0.4, -0.2) is 121 Å². The standard InChI is InChI=1S/C20H42N4S4/c1-2-4-22-6-8-24-11-15-27-19-17-25-13-9-23(7-5-21-3-1)10-14-26-18-20-28-16-12-24/h21-22H,1-20H2. The van der Waals surface area contributed by atoms with E-state index in [1.165, 1.54) is 111 Å². The van der Waals surface area contributed by atoms with Crippen molar-refractivity contribution in [2.45, 2.75) is 12.8 Å². The highest BCUT2D eigenvalue weighted by atomic mass is 32.2. The lowest BCUT2D eigenvalue weighted by Crippen LogP contribution is -2.36. The second kappa shape index (κ2) is 19.0. The van der Waals surface area contributed by atoms with Crippen molar-refractivity contribution in [2.24, 2.45) is 0 Å². The Morgan fingerprint density at radius 1 is 0.393 bits per heavy atom. The molecule has 28 heavy (non-hydrogen) atoms. The molecule has 0 aromatic carbocycles. The van der Waals surface area contributed by atoms with Crippen LogP contribution in [0.25, 0.3) is 0 Å². The average Bonchev–Trinajstić information content (AvgIpc) is 2.70. The first-order valence-electron chi connectivity index (χ1n) is 11.1. The van der Waals surface area contributed by atoms with Gasteiger partial charge in [0, 0.05) is 98.4 Å². The van der Waals surface area contributed by atoms with E-state index in [4.69, 9.17) is 0 Å². The van der Waals surface area contributed by atoms with Gasteiger partial charge in [-0.2, -0.15) is 47.0 Å². The topological polar surface area (TPSA) is 30.5 Å². The summed E-state index contributed by atoms with van der Waals surface area (Å²) in [7, 11) is 0. The van der Waals surface area contributed by atoms with Gasteiger partial charge in [0.2, 0.25) is 0 Å². The Morgan fingerprint density at radius 2 is 0.750 bits per heavy atom. The van der Waals surface area contributed by atoms with Gasteiger partial charge < -0.3 is 20.4 Å². The van der Waals surface area contributed by atoms with Gasteiger partial charge in [0.1, 0.15) is 0 Å². The van der Waals surface area contributed by atoms with Crippen LogP contribution >= 0.6 is 47.0 Å². The SMILES string of the molecule is C1CCNCCN2CCSCCSCCN(CCNC1)CCSCCSCC2. The van der Waals surface area contributed by atoms with Crippen molar-refractivity contribution in [2.75, 3.05) is 111 Å². The highest BCUT2D eigenvalue weighted by Crippen LogP contribution is 2.11. The molecule has 0 aliphatic carbocycles. The van der Waals surface area contributed by atoms with E-state index in [1.54, 1.807) is 0 Å². The first kappa shape index (κ1) is 25.5. The molecule has 0 spiro atoms. The largest absolute Gasteiger partial charge is 0.315 e. The molecule has 0 unspecified atom stereocenters. The Labute approximate surface area is 191 Å². The molecule has 8 heteroatoms. The highest BCUT2D eigenvalue weighted by Gasteiger charge is 2.08. The van der Waals surface area contributed by atoms with Gasteiger partial charge in [-0.05, 0) is 25.9 Å². The van der Waals surface area contributed by atoms with Crippen molar-refractivity contribution in [1.82, 2.24) is 20.4 Å². The molecule has 3 rings (SSSR count). The molecule has 0 aromatic rings. The summed E-state index contributed by atoms with van der Waals surface area (Å²) in [5.41, 5.74) is 0. The molecule has 166 valence electrons.